The average Bonchev–Trinajstić information content (AvgIpc) is 2.68. The normalized spacial score (nSPS) is 10.2. The molecule has 0 unspecified atom stereocenters. The molecule has 6 nitrogen and oxygen atoms in total. The Kier molecular flexibility index (Phi) is 5.78. The molecule has 0 aliphatic heterocycles. The smallest absolute Gasteiger partial charge is 0.257 e. The largest absolute Gasteiger partial charge is 0.497 e. The van der Waals surface area contributed by atoms with E-state index in [4.69, 9.17) is 21.1 Å². The number of carbonyl (C=O) groups excluding carboxylic acids is 1. The van der Waals surface area contributed by atoms with Gasteiger partial charge in [-0.3, -0.25) is 9.78 Å². The summed E-state index contributed by atoms with van der Waals surface area (Å²) in [4.78, 5) is 16.7. The Morgan fingerprint density at radius 1 is 1.00 bits per heavy atom. The molecule has 0 spiro atoms. The maximum Gasteiger partial charge on any atom is 0.257 e. The fourth-order valence-electron chi connectivity index (χ4n) is 2.46. The number of ether oxygens (including phenoxy) is 2. The monoisotopic (exact) mass is 383 g/mol. The molecule has 0 bridgehead atoms. The summed E-state index contributed by atoms with van der Waals surface area (Å²) in [5.74, 6) is 0.837. The maximum atomic E-state index is 12.6. The zero-order valence-corrected chi connectivity index (χ0v) is 15.6. The average molecular weight is 384 g/mol. The number of aromatic nitrogens is 1. The summed E-state index contributed by atoms with van der Waals surface area (Å²) in [6, 6.07) is 14.2. The fourth-order valence-corrected chi connectivity index (χ4v) is 2.65. The lowest BCUT2D eigenvalue weighted by atomic mass is 10.2. The van der Waals surface area contributed by atoms with Gasteiger partial charge in [0.1, 0.15) is 11.5 Å². The van der Waals surface area contributed by atoms with Crippen LogP contribution in [0.5, 0.6) is 11.5 Å². The number of rotatable bonds is 6. The van der Waals surface area contributed by atoms with Crippen molar-refractivity contribution >= 4 is 34.6 Å². The Morgan fingerprint density at radius 3 is 2.59 bits per heavy atom. The van der Waals surface area contributed by atoms with Crippen LogP contribution in [0.25, 0.3) is 0 Å². The van der Waals surface area contributed by atoms with Crippen molar-refractivity contribution < 1.29 is 14.3 Å². The molecule has 2 aromatic carbocycles. The number of benzene rings is 2. The van der Waals surface area contributed by atoms with Crippen molar-refractivity contribution in [2.24, 2.45) is 0 Å². The summed E-state index contributed by atoms with van der Waals surface area (Å²) >= 11 is 5.99. The Labute approximate surface area is 162 Å². The molecule has 3 rings (SSSR count). The van der Waals surface area contributed by atoms with Crippen molar-refractivity contribution in [3.05, 3.63) is 71.5 Å². The number of amides is 1. The highest BCUT2D eigenvalue weighted by atomic mass is 35.5. The van der Waals surface area contributed by atoms with Crippen molar-refractivity contribution in [1.29, 1.82) is 0 Å². The molecule has 0 aliphatic rings. The van der Waals surface area contributed by atoms with Crippen LogP contribution in [0.1, 0.15) is 10.4 Å². The van der Waals surface area contributed by atoms with Crippen LogP contribution in [0.4, 0.5) is 17.1 Å². The summed E-state index contributed by atoms with van der Waals surface area (Å²) in [6.45, 7) is 0. The van der Waals surface area contributed by atoms with Crippen LogP contribution in [0.3, 0.4) is 0 Å². The van der Waals surface area contributed by atoms with Crippen molar-refractivity contribution in [3.63, 3.8) is 0 Å². The molecule has 138 valence electrons. The Morgan fingerprint density at radius 2 is 1.85 bits per heavy atom. The van der Waals surface area contributed by atoms with Crippen LogP contribution >= 0.6 is 11.6 Å². The van der Waals surface area contributed by atoms with E-state index in [1.54, 1.807) is 49.7 Å². The number of hydrogen-bond acceptors (Lipinski definition) is 5. The highest BCUT2D eigenvalue weighted by Crippen LogP contribution is 2.29. The van der Waals surface area contributed by atoms with Gasteiger partial charge in [-0.05, 0) is 36.4 Å². The second-order valence-corrected chi connectivity index (χ2v) is 6.05. The van der Waals surface area contributed by atoms with Crippen LogP contribution in [0, 0.1) is 0 Å². The summed E-state index contributed by atoms with van der Waals surface area (Å²) in [6.07, 6.45) is 3.13. The molecule has 0 radical (unpaired) electrons. The Bertz CT molecular complexity index is 963. The van der Waals surface area contributed by atoms with Gasteiger partial charge in [-0.25, -0.2) is 0 Å². The number of hydrogen-bond donors (Lipinski definition) is 2. The molecule has 0 aliphatic carbocycles. The number of methoxy groups -OCH3 is 2. The minimum atomic E-state index is -0.305. The van der Waals surface area contributed by atoms with E-state index in [0.717, 1.165) is 5.69 Å². The van der Waals surface area contributed by atoms with E-state index in [9.17, 15) is 4.79 Å². The Hall–Kier alpha value is -3.25. The van der Waals surface area contributed by atoms with E-state index in [2.05, 4.69) is 15.6 Å². The molecule has 2 N–H and O–H groups in total. The molecule has 0 atom stereocenters. The van der Waals surface area contributed by atoms with E-state index < -0.39 is 0 Å². The number of halogens is 1. The first-order valence-electron chi connectivity index (χ1n) is 8.10. The number of nitrogens with one attached hydrogen (secondary N) is 2. The van der Waals surface area contributed by atoms with E-state index in [0.29, 0.717) is 33.5 Å². The van der Waals surface area contributed by atoms with E-state index in [1.165, 1.54) is 13.3 Å². The van der Waals surface area contributed by atoms with Gasteiger partial charge in [-0.1, -0.05) is 17.7 Å². The van der Waals surface area contributed by atoms with Crippen LogP contribution in [0.2, 0.25) is 5.02 Å². The third-order valence-electron chi connectivity index (χ3n) is 3.77. The maximum absolute atomic E-state index is 12.6. The quantitative estimate of drug-likeness (QED) is 0.642. The standard InChI is InChI=1S/C20H18ClN3O3/c1-26-17-6-7-18(19(10-17)27-2)24-20(25)13-8-16(12-22-11-13)23-15-5-3-4-14(21)9-15/h3-12,23H,1-2H3,(H,24,25). The number of carbonyl (C=O) groups is 1. The van der Waals surface area contributed by atoms with E-state index in [-0.39, 0.29) is 5.91 Å². The van der Waals surface area contributed by atoms with Gasteiger partial charge in [-0.2, -0.15) is 0 Å². The molecule has 27 heavy (non-hydrogen) atoms. The SMILES string of the molecule is COc1ccc(NC(=O)c2cncc(Nc3cccc(Cl)c3)c2)c(OC)c1. The molecule has 1 amide bonds. The molecule has 0 saturated carbocycles. The lowest BCUT2D eigenvalue weighted by molar-refractivity contribution is 0.102. The first-order chi connectivity index (χ1) is 13.1. The van der Waals surface area contributed by atoms with Crippen molar-refractivity contribution in [1.82, 2.24) is 4.98 Å². The van der Waals surface area contributed by atoms with Crippen molar-refractivity contribution in [2.45, 2.75) is 0 Å². The molecule has 0 fully saturated rings. The van der Waals surface area contributed by atoms with Crippen molar-refractivity contribution in [2.75, 3.05) is 24.9 Å². The summed E-state index contributed by atoms with van der Waals surface area (Å²) in [5, 5.41) is 6.61. The predicted octanol–water partition coefficient (Wildman–Crippen LogP) is 4.75. The summed E-state index contributed by atoms with van der Waals surface area (Å²) < 4.78 is 10.5. The minimum Gasteiger partial charge on any atom is -0.497 e. The molecular weight excluding hydrogens is 366 g/mol. The van der Waals surface area contributed by atoms with Crippen LogP contribution in [-0.4, -0.2) is 25.1 Å². The van der Waals surface area contributed by atoms with Gasteiger partial charge >= 0.3 is 0 Å². The number of nitrogens with zero attached hydrogens (tertiary/aromatic N) is 1. The second-order valence-electron chi connectivity index (χ2n) is 5.62. The molecule has 3 aromatic rings. The first kappa shape index (κ1) is 18.5. The topological polar surface area (TPSA) is 72.5 Å². The Balaban J connectivity index is 1.77. The minimum absolute atomic E-state index is 0.305. The van der Waals surface area contributed by atoms with Gasteiger partial charge < -0.3 is 20.1 Å². The predicted molar refractivity (Wildman–Crippen MR) is 106 cm³/mol. The molecule has 7 heteroatoms. The van der Waals surface area contributed by atoms with Crippen molar-refractivity contribution in [3.8, 4) is 11.5 Å². The van der Waals surface area contributed by atoms with Gasteiger partial charge in [0.05, 0.1) is 37.4 Å². The summed E-state index contributed by atoms with van der Waals surface area (Å²) in [7, 11) is 3.10. The number of pyridine rings is 1. The zero-order chi connectivity index (χ0) is 19.2. The van der Waals surface area contributed by atoms with E-state index in [1.807, 2.05) is 12.1 Å². The van der Waals surface area contributed by atoms with Crippen LogP contribution in [0.15, 0.2) is 60.9 Å². The molecule has 1 aromatic heterocycles. The molecule has 1 heterocycles. The lowest BCUT2D eigenvalue weighted by Gasteiger charge is -2.12. The first-order valence-corrected chi connectivity index (χ1v) is 8.48. The second kappa shape index (κ2) is 8.42. The van der Waals surface area contributed by atoms with Gasteiger partial charge in [0.15, 0.2) is 0 Å². The van der Waals surface area contributed by atoms with Gasteiger partial charge in [0, 0.05) is 23.0 Å². The molecule has 0 saturated heterocycles. The highest BCUT2D eigenvalue weighted by Gasteiger charge is 2.12. The van der Waals surface area contributed by atoms with E-state index >= 15 is 0 Å². The third kappa shape index (κ3) is 4.68. The van der Waals surface area contributed by atoms with Gasteiger partial charge in [0.2, 0.25) is 0 Å². The van der Waals surface area contributed by atoms with Crippen LogP contribution in [-0.2, 0) is 0 Å². The molecular formula is C20H18ClN3O3. The van der Waals surface area contributed by atoms with Gasteiger partial charge in [0.25, 0.3) is 5.91 Å². The third-order valence-corrected chi connectivity index (χ3v) is 4.01. The van der Waals surface area contributed by atoms with Crippen LogP contribution < -0.4 is 20.1 Å². The zero-order valence-electron chi connectivity index (χ0n) is 14.8. The highest BCUT2D eigenvalue weighted by molar-refractivity contribution is 6.30. The summed E-state index contributed by atoms with van der Waals surface area (Å²) in [5.41, 5.74) is 2.42. The number of anilines is 3. The fraction of sp³-hybridized carbons (Fsp3) is 0.100. The lowest BCUT2D eigenvalue weighted by Crippen LogP contribution is -2.13. The van der Waals surface area contributed by atoms with Gasteiger partial charge in [-0.15, -0.1) is 0 Å².